The second kappa shape index (κ2) is 7.52. The van der Waals surface area contributed by atoms with E-state index in [0.717, 1.165) is 26.1 Å². The van der Waals surface area contributed by atoms with Crippen LogP contribution in [0.3, 0.4) is 0 Å². The fourth-order valence-corrected chi connectivity index (χ4v) is 1.70. The first kappa shape index (κ1) is 15.2. The Kier molecular flexibility index (Phi) is 6.01. The zero-order chi connectivity index (χ0) is 14.3. The maximum absolute atomic E-state index is 8.81. The first-order chi connectivity index (χ1) is 9.10. The average Bonchev–Trinajstić information content (AvgIpc) is 2.42. The summed E-state index contributed by atoms with van der Waals surface area (Å²) in [5.74, 6) is 0.635. The van der Waals surface area contributed by atoms with E-state index in [-0.39, 0.29) is 5.84 Å². The zero-order valence-corrected chi connectivity index (χ0v) is 11.7. The number of hydrogen-bond donors (Lipinski definition) is 2. The molecule has 0 fully saturated rings. The average molecular weight is 266 g/mol. The topological polar surface area (TPSA) is 90.9 Å². The summed E-state index contributed by atoms with van der Waals surface area (Å²) in [5.41, 5.74) is 6.06. The number of amidine groups is 1. The van der Waals surface area contributed by atoms with Crippen molar-refractivity contribution < 1.29 is 5.21 Å². The van der Waals surface area contributed by atoms with E-state index in [4.69, 9.17) is 10.9 Å². The maximum Gasteiger partial charge on any atom is 0.192 e. The van der Waals surface area contributed by atoms with Crippen molar-refractivity contribution >= 4 is 11.7 Å². The third-order valence-electron chi connectivity index (χ3n) is 2.64. The van der Waals surface area contributed by atoms with Crippen molar-refractivity contribution in [3.8, 4) is 0 Å². The lowest BCUT2D eigenvalue weighted by atomic mass is 10.3. The minimum absolute atomic E-state index is 0.0194. The number of hydrogen-bond acceptors (Lipinski definition) is 6. The molecular formula is C12H22N6O. The van der Waals surface area contributed by atoms with E-state index in [1.807, 2.05) is 14.1 Å². The molecule has 0 unspecified atom stereocenters. The fraction of sp³-hybridized carbons (Fsp3) is 0.583. The fourth-order valence-electron chi connectivity index (χ4n) is 1.70. The second-order valence-corrected chi connectivity index (χ2v) is 4.50. The number of anilines is 1. The highest BCUT2D eigenvalue weighted by atomic mass is 16.4. The highest BCUT2D eigenvalue weighted by Gasteiger charge is 2.16. The van der Waals surface area contributed by atoms with Gasteiger partial charge < -0.3 is 20.7 Å². The van der Waals surface area contributed by atoms with Crippen molar-refractivity contribution in [1.82, 2.24) is 14.9 Å². The molecule has 0 spiro atoms. The second-order valence-electron chi connectivity index (χ2n) is 4.50. The van der Waals surface area contributed by atoms with E-state index in [2.05, 4.69) is 31.8 Å². The number of nitrogens with two attached hydrogens (primary N) is 1. The minimum Gasteiger partial charge on any atom is -0.409 e. The van der Waals surface area contributed by atoms with Gasteiger partial charge in [-0.1, -0.05) is 12.1 Å². The predicted molar refractivity (Wildman–Crippen MR) is 75.6 cm³/mol. The van der Waals surface area contributed by atoms with Gasteiger partial charge in [-0.05, 0) is 20.5 Å². The van der Waals surface area contributed by atoms with E-state index in [0.29, 0.717) is 11.5 Å². The van der Waals surface area contributed by atoms with Gasteiger partial charge in [0, 0.05) is 32.0 Å². The van der Waals surface area contributed by atoms with Gasteiger partial charge in [0.25, 0.3) is 0 Å². The van der Waals surface area contributed by atoms with Crippen LogP contribution in [-0.4, -0.2) is 59.6 Å². The molecule has 3 N–H and O–H groups in total. The number of rotatable bonds is 7. The standard InChI is InChI=1S/C12H22N6O/c1-4-7-18(9-8-17(2)3)12-10(11(13)16-19)14-5-6-15-12/h5-6,19H,4,7-9H2,1-3H3,(H2,13,16). The quantitative estimate of drug-likeness (QED) is 0.320. The van der Waals surface area contributed by atoms with Crippen molar-refractivity contribution in [2.75, 3.05) is 38.6 Å². The predicted octanol–water partition coefficient (Wildman–Crippen LogP) is 0.349. The first-order valence-corrected chi connectivity index (χ1v) is 6.28. The lowest BCUT2D eigenvalue weighted by Crippen LogP contribution is -2.35. The first-order valence-electron chi connectivity index (χ1n) is 6.28. The third kappa shape index (κ3) is 4.36. The van der Waals surface area contributed by atoms with Gasteiger partial charge in [-0.15, -0.1) is 0 Å². The summed E-state index contributed by atoms with van der Waals surface area (Å²) in [6.07, 6.45) is 4.13. The van der Waals surface area contributed by atoms with Crippen LogP contribution in [0.1, 0.15) is 19.0 Å². The van der Waals surface area contributed by atoms with Gasteiger partial charge in [0.1, 0.15) is 0 Å². The molecule has 106 valence electrons. The SMILES string of the molecule is CCCN(CCN(C)C)c1nccnc1C(N)=NO. The summed E-state index contributed by atoms with van der Waals surface area (Å²) in [7, 11) is 4.04. The lowest BCUT2D eigenvalue weighted by molar-refractivity contribution is 0.318. The Morgan fingerprint density at radius 3 is 2.53 bits per heavy atom. The van der Waals surface area contributed by atoms with E-state index in [9.17, 15) is 0 Å². The maximum atomic E-state index is 8.81. The van der Waals surface area contributed by atoms with E-state index in [1.165, 1.54) is 6.20 Å². The van der Waals surface area contributed by atoms with Gasteiger partial charge in [-0.25, -0.2) is 9.97 Å². The lowest BCUT2D eigenvalue weighted by Gasteiger charge is -2.25. The smallest absolute Gasteiger partial charge is 0.192 e. The highest BCUT2D eigenvalue weighted by molar-refractivity contribution is 5.99. The van der Waals surface area contributed by atoms with Gasteiger partial charge in [0.15, 0.2) is 17.3 Å². The number of nitrogens with zero attached hydrogens (tertiary/aromatic N) is 5. The summed E-state index contributed by atoms with van der Waals surface area (Å²) in [6, 6.07) is 0. The summed E-state index contributed by atoms with van der Waals surface area (Å²) in [5, 5.41) is 11.8. The molecule has 1 aromatic heterocycles. The van der Waals surface area contributed by atoms with Gasteiger partial charge in [0.2, 0.25) is 0 Å². The van der Waals surface area contributed by atoms with Gasteiger partial charge in [0.05, 0.1) is 0 Å². The molecule has 7 heteroatoms. The number of oxime groups is 1. The van der Waals surface area contributed by atoms with E-state index >= 15 is 0 Å². The Labute approximate surface area is 113 Å². The van der Waals surface area contributed by atoms with Crippen molar-refractivity contribution in [3.63, 3.8) is 0 Å². The molecule has 0 aromatic carbocycles. The molecular weight excluding hydrogens is 244 g/mol. The van der Waals surface area contributed by atoms with Crippen molar-refractivity contribution in [2.24, 2.45) is 10.9 Å². The Morgan fingerprint density at radius 2 is 1.95 bits per heavy atom. The molecule has 0 saturated carbocycles. The summed E-state index contributed by atoms with van der Waals surface area (Å²) < 4.78 is 0. The molecule has 1 heterocycles. The third-order valence-corrected chi connectivity index (χ3v) is 2.64. The van der Waals surface area contributed by atoms with Gasteiger partial charge in [-0.3, -0.25) is 0 Å². The molecule has 19 heavy (non-hydrogen) atoms. The van der Waals surface area contributed by atoms with Crippen LogP contribution < -0.4 is 10.6 Å². The summed E-state index contributed by atoms with van der Waals surface area (Å²) in [4.78, 5) is 12.7. The largest absolute Gasteiger partial charge is 0.409 e. The van der Waals surface area contributed by atoms with Gasteiger partial charge >= 0.3 is 0 Å². The Hall–Kier alpha value is -1.89. The molecule has 0 bridgehead atoms. The Balaban J connectivity index is 3.01. The van der Waals surface area contributed by atoms with Crippen LogP contribution in [0.15, 0.2) is 17.5 Å². The van der Waals surface area contributed by atoms with Crippen LogP contribution in [0.4, 0.5) is 5.82 Å². The van der Waals surface area contributed by atoms with Crippen LogP contribution in [-0.2, 0) is 0 Å². The molecule has 0 saturated heterocycles. The molecule has 1 aromatic rings. The van der Waals surface area contributed by atoms with Gasteiger partial charge in [-0.2, -0.15) is 0 Å². The molecule has 0 aliphatic carbocycles. The molecule has 1 rings (SSSR count). The number of likely N-dealkylation sites (N-methyl/N-ethyl adjacent to an activating group) is 1. The normalized spacial score (nSPS) is 11.9. The molecule has 0 amide bonds. The zero-order valence-electron chi connectivity index (χ0n) is 11.7. The van der Waals surface area contributed by atoms with Crippen LogP contribution in [0.5, 0.6) is 0 Å². The highest BCUT2D eigenvalue weighted by Crippen LogP contribution is 2.15. The van der Waals surface area contributed by atoms with E-state index < -0.39 is 0 Å². The number of aromatic nitrogens is 2. The monoisotopic (exact) mass is 266 g/mol. The van der Waals surface area contributed by atoms with Crippen LogP contribution in [0.25, 0.3) is 0 Å². The molecule has 0 radical (unpaired) electrons. The molecule has 0 atom stereocenters. The van der Waals surface area contributed by atoms with Crippen LogP contribution >= 0.6 is 0 Å². The molecule has 0 aliphatic rings. The Morgan fingerprint density at radius 1 is 1.26 bits per heavy atom. The van der Waals surface area contributed by atoms with Crippen LogP contribution in [0.2, 0.25) is 0 Å². The molecule has 7 nitrogen and oxygen atoms in total. The van der Waals surface area contributed by atoms with Crippen molar-refractivity contribution in [2.45, 2.75) is 13.3 Å². The van der Waals surface area contributed by atoms with E-state index in [1.54, 1.807) is 6.20 Å². The minimum atomic E-state index is -0.0194. The summed E-state index contributed by atoms with van der Waals surface area (Å²) in [6.45, 7) is 4.65. The van der Waals surface area contributed by atoms with Crippen molar-refractivity contribution in [3.05, 3.63) is 18.1 Å². The summed E-state index contributed by atoms with van der Waals surface area (Å²) >= 11 is 0. The van der Waals surface area contributed by atoms with Crippen molar-refractivity contribution in [1.29, 1.82) is 0 Å². The molecule has 0 aliphatic heterocycles. The van der Waals surface area contributed by atoms with Crippen LogP contribution in [0, 0.1) is 0 Å². The Bertz CT molecular complexity index is 420.